The predicted molar refractivity (Wildman–Crippen MR) is 145 cm³/mol. The third-order valence-corrected chi connectivity index (χ3v) is 8.72. The summed E-state index contributed by atoms with van der Waals surface area (Å²) in [5.41, 5.74) is 1.23. The molecule has 8 heteroatoms. The molecule has 1 aliphatic carbocycles. The molecule has 188 valence electrons. The Kier molecular flexibility index (Phi) is 9.80. The number of hydrogen-bond donors (Lipinski definition) is 3. The molecule has 1 saturated heterocycles. The summed E-state index contributed by atoms with van der Waals surface area (Å²) in [7, 11) is 0. The Bertz CT molecular complexity index is 946. The third kappa shape index (κ3) is 7.92. The van der Waals surface area contributed by atoms with Crippen LogP contribution in [-0.4, -0.2) is 40.8 Å². The minimum atomic E-state index is -0.566. The molecule has 3 N–H and O–H groups in total. The molecule has 0 radical (unpaired) electrons. The molecule has 1 aliphatic heterocycles. The van der Waals surface area contributed by atoms with Crippen LogP contribution in [0.25, 0.3) is 0 Å². The van der Waals surface area contributed by atoms with E-state index in [0.717, 1.165) is 29.5 Å². The van der Waals surface area contributed by atoms with Crippen molar-refractivity contribution < 1.29 is 14.3 Å². The maximum absolute atomic E-state index is 12.8. The zero-order valence-electron chi connectivity index (χ0n) is 20.2. The van der Waals surface area contributed by atoms with Crippen LogP contribution < -0.4 is 20.1 Å². The van der Waals surface area contributed by atoms with Crippen LogP contribution >= 0.6 is 23.7 Å². The van der Waals surface area contributed by atoms with E-state index in [4.69, 9.17) is 4.74 Å². The van der Waals surface area contributed by atoms with E-state index in [0.29, 0.717) is 5.92 Å². The van der Waals surface area contributed by atoms with Crippen molar-refractivity contribution in [2.45, 2.75) is 62.8 Å². The number of rotatable bonds is 10. The number of carbonyl (C=O) groups is 2. The lowest BCUT2D eigenvalue weighted by molar-refractivity contribution is -0.128. The number of ether oxygens (including phenoxy) is 1. The first-order valence-electron chi connectivity index (χ1n) is 12.5. The van der Waals surface area contributed by atoms with E-state index in [-0.39, 0.29) is 23.1 Å². The van der Waals surface area contributed by atoms with Gasteiger partial charge in [0.2, 0.25) is 5.91 Å². The summed E-state index contributed by atoms with van der Waals surface area (Å²) in [6, 6.07) is 17.2. The first-order valence-corrected chi connectivity index (χ1v) is 14.5. The SMILES string of the molecule is C[C@@H](NC(=O)[C@@H]1CSCN1)C(=O)NSC(Cc1ccc(Oc2ccccc2)cc1)C1CCCCC1. The van der Waals surface area contributed by atoms with Gasteiger partial charge in [-0.3, -0.25) is 19.6 Å². The second-order valence-corrected chi connectivity index (χ2v) is 11.4. The number of carbonyl (C=O) groups excluding carboxylic acids is 2. The number of hydrogen-bond acceptors (Lipinski definition) is 6. The molecule has 0 aromatic heterocycles. The van der Waals surface area contributed by atoms with Crippen LogP contribution in [0.15, 0.2) is 54.6 Å². The van der Waals surface area contributed by atoms with Gasteiger partial charge in [0.15, 0.2) is 0 Å². The lowest BCUT2D eigenvalue weighted by Crippen LogP contribution is -2.50. The van der Waals surface area contributed by atoms with Crippen molar-refractivity contribution in [2.24, 2.45) is 5.92 Å². The van der Waals surface area contributed by atoms with Gasteiger partial charge in [-0.25, -0.2) is 0 Å². The van der Waals surface area contributed by atoms with Gasteiger partial charge in [-0.2, -0.15) is 0 Å². The van der Waals surface area contributed by atoms with Crippen molar-refractivity contribution in [2.75, 3.05) is 11.6 Å². The number of thioether (sulfide) groups is 1. The quantitative estimate of drug-likeness (QED) is 0.392. The van der Waals surface area contributed by atoms with Crippen LogP contribution in [0.2, 0.25) is 0 Å². The van der Waals surface area contributed by atoms with E-state index in [9.17, 15) is 9.59 Å². The number of para-hydroxylation sites is 1. The van der Waals surface area contributed by atoms with Gasteiger partial charge < -0.3 is 10.1 Å². The smallest absolute Gasteiger partial charge is 0.252 e. The Morgan fingerprint density at radius 2 is 1.77 bits per heavy atom. The molecule has 0 spiro atoms. The van der Waals surface area contributed by atoms with E-state index in [1.807, 2.05) is 42.5 Å². The molecule has 4 rings (SSSR count). The molecule has 1 heterocycles. The molecule has 2 fully saturated rings. The van der Waals surface area contributed by atoms with Gasteiger partial charge in [-0.15, -0.1) is 11.8 Å². The molecule has 2 aliphatic rings. The van der Waals surface area contributed by atoms with Gasteiger partial charge in [0.05, 0.1) is 6.04 Å². The van der Waals surface area contributed by atoms with Gasteiger partial charge in [0.25, 0.3) is 5.91 Å². The van der Waals surface area contributed by atoms with Crippen molar-refractivity contribution in [1.82, 2.24) is 15.4 Å². The van der Waals surface area contributed by atoms with Crippen molar-refractivity contribution in [1.29, 1.82) is 0 Å². The van der Waals surface area contributed by atoms with E-state index in [1.54, 1.807) is 18.7 Å². The first kappa shape index (κ1) is 25.9. The van der Waals surface area contributed by atoms with E-state index < -0.39 is 6.04 Å². The largest absolute Gasteiger partial charge is 0.457 e. The van der Waals surface area contributed by atoms with E-state index in [1.165, 1.54) is 49.6 Å². The highest BCUT2D eigenvalue weighted by atomic mass is 32.2. The molecule has 1 saturated carbocycles. The summed E-state index contributed by atoms with van der Waals surface area (Å²) in [5.74, 6) is 3.46. The van der Waals surface area contributed by atoms with Crippen LogP contribution in [0.4, 0.5) is 0 Å². The summed E-state index contributed by atoms with van der Waals surface area (Å²) < 4.78 is 8.98. The normalized spacial score (nSPS) is 20.1. The average Bonchev–Trinajstić information content (AvgIpc) is 3.44. The van der Waals surface area contributed by atoms with E-state index >= 15 is 0 Å². The number of nitrogens with one attached hydrogen (secondary N) is 3. The number of amides is 2. The molecular weight excluding hydrogens is 478 g/mol. The summed E-state index contributed by atoms with van der Waals surface area (Å²) in [4.78, 5) is 25.1. The van der Waals surface area contributed by atoms with Gasteiger partial charge in [0.1, 0.15) is 17.5 Å². The summed E-state index contributed by atoms with van der Waals surface area (Å²) in [6.45, 7) is 1.75. The highest BCUT2D eigenvalue weighted by molar-refractivity contribution is 7.99. The van der Waals surface area contributed by atoms with Crippen molar-refractivity contribution in [3.8, 4) is 11.5 Å². The highest BCUT2D eigenvalue weighted by Gasteiger charge is 2.28. The maximum Gasteiger partial charge on any atom is 0.252 e. The molecule has 1 unspecified atom stereocenters. The topological polar surface area (TPSA) is 79.5 Å². The summed E-state index contributed by atoms with van der Waals surface area (Å²) in [5, 5.41) is 6.28. The van der Waals surface area contributed by atoms with Gasteiger partial charge >= 0.3 is 0 Å². The predicted octanol–water partition coefficient (Wildman–Crippen LogP) is 4.90. The summed E-state index contributed by atoms with van der Waals surface area (Å²) >= 11 is 3.22. The van der Waals surface area contributed by atoms with Gasteiger partial charge in [-0.05, 0) is 73.9 Å². The molecule has 2 aromatic carbocycles. The fourth-order valence-corrected chi connectivity index (χ4v) is 6.65. The Morgan fingerprint density at radius 3 is 2.46 bits per heavy atom. The molecule has 6 nitrogen and oxygen atoms in total. The Labute approximate surface area is 216 Å². The first-order chi connectivity index (χ1) is 17.1. The van der Waals surface area contributed by atoms with Crippen LogP contribution in [0.1, 0.15) is 44.6 Å². The average molecular weight is 514 g/mol. The fourth-order valence-electron chi connectivity index (χ4n) is 4.53. The maximum atomic E-state index is 12.8. The Hall–Kier alpha value is -2.16. The molecular formula is C27H35N3O3S2. The second-order valence-electron chi connectivity index (χ2n) is 9.29. The number of benzene rings is 2. The van der Waals surface area contributed by atoms with Gasteiger partial charge in [-0.1, -0.05) is 49.6 Å². The minimum Gasteiger partial charge on any atom is -0.457 e. The van der Waals surface area contributed by atoms with Crippen LogP contribution in [-0.2, 0) is 16.0 Å². The highest BCUT2D eigenvalue weighted by Crippen LogP contribution is 2.34. The minimum absolute atomic E-state index is 0.107. The molecule has 35 heavy (non-hydrogen) atoms. The van der Waals surface area contributed by atoms with E-state index in [2.05, 4.69) is 27.5 Å². The van der Waals surface area contributed by atoms with Gasteiger partial charge in [0, 0.05) is 16.9 Å². The third-order valence-electron chi connectivity index (χ3n) is 6.61. The Balaban J connectivity index is 1.32. The molecule has 2 amide bonds. The second kappa shape index (κ2) is 13.2. The van der Waals surface area contributed by atoms with Crippen molar-refractivity contribution in [3.63, 3.8) is 0 Å². The molecule has 2 aromatic rings. The van der Waals surface area contributed by atoms with Crippen molar-refractivity contribution in [3.05, 3.63) is 60.2 Å². The summed E-state index contributed by atoms with van der Waals surface area (Å²) in [6.07, 6.45) is 7.06. The zero-order chi connectivity index (χ0) is 24.5. The lowest BCUT2D eigenvalue weighted by Gasteiger charge is -2.30. The van der Waals surface area contributed by atoms with Crippen LogP contribution in [0, 0.1) is 5.92 Å². The molecule has 3 atom stereocenters. The zero-order valence-corrected chi connectivity index (χ0v) is 21.8. The van der Waals surface area contributed by atoms with Crippen molar-refractivity contribution >= 4 is 35.5 Å². The lowest BCUT2D eigenvalue weighted by atomic mass is 9.85. The standard InChI is InChI=1S/C27H35N3O3S2/c1-19(29-27(32)24-17-34-18-28-24)26(31)30-35-25(21-8-4-2-5-9-21)16-20-12-14-23(15-13-20)33-22-10-6-3-7-11-22/h3,6-7,10-15,19,21,24-25,28H,2,4-5,8-9,16-18H2,1H3,(H,29,32)(H,30,31)/t19-,24+,25?/m1/s1. The van der Waals surface area contributed by atoms with Crippen LogP contribution in [0.3, 0.4) is 0 Å². The Morgan fingerprint density at radius 1 is 1.06 bits per heavy atom. The fraction of sp³-hybridized carbons (Fsp3) is 0.481. The molecule has 0 bridgehead atoms. The van der Waals surface area contributed by atoms with Crippen LogP contribution in [0.5, 0.6) is 11.5 Å². The monoisotopic (exact) mass is 513 g/mol.